The lowest BCUT2D eigenvalue weighted by molar-refractivity contribution is -0.155. The zero-order valence-electron chi connectivity index (χ0n) is 14.5. The average molecular weight is 299 g/mol. The fourth-order valence-electron chi connectivity index (χ4n) is 2.03. The van der Waals surface area contributed by atoms with Crippen LogP contribution in [-0.4, -0.2) is 36.0 Å². The third kappa shape index (κ3) is 8.74. The zero-order valence-corrected chi connectivity index (χ0v) is 14.5. The van der Waals surface area contributed by atoms with Crippen molar-refractivity contribution in [2.24, 2.45) is 5.92 Å². The van der Waals surface area contributed by atoms with Crippen LogP contribution in [0.3, 0.4) is 0 Å². The first-order valence-electron chi connectivity index (χ1n) is 8.40. The maximum absolute atomic E-state index is 12.3. The minimum Gasteiger partial charge on any atom is -0.464 e. The molecule has 0 rings (SSSR count). The van der Waals surface area contributed by atoms with Crippen molar-refractivity contribution in [3.8, 4) is 0 Å². The van der Waals surface area contributed by atoms with E-state index in [1.165, 1.54) is 0 Å². The summed E-state index contributed by atoms with van der Waals surface area (Å²) in [6, 6.07) is -0.482. The minimum absolute atomic E-state index is 0.0749. The van der Waals surface area contributed by atoms with Crippen LogP contribution < -0.4 is 0 Å². The number of rotatable bonds is 11. The quantitative estimate of drug-likeness (QED) is 0.431. The third-order valence-corrected chi connectivity index (χ3v) is 3.43. The number of carbonyl (C=O) groups excluding carboxylic acids is 2. The highest BCUT2D eigenvalue weighted by Crippen LogP contribution is 2.10. The molecule has 0 aliphatic heterocycles. The summed E-state index contributed by atoms with van der Waals surface area (Å²) >= 11 is 0. The summed E-state index contributed by atoms with van der Waals surface area (Å²) in [5, 5.41) is 0. The van der Waals surface area contributed by atoms with Gasteiger partial charge in [-0.05, 0) is 25.7 Å². The molecule has 0 aromatic rings. The Morgan fingerprint density at radius 3 is 2.14 bits per heavy atom. The van der Waals surface area contributed by atoms with Crippen LogP contribution in [0.15, 0.2) is 0 Å². The molecule has 1 amide bonds. The topological polar surface area (TPSA) is 46.6 Å². The van der Waals surface area contributed by atoms with Crippen LogP contribution in [0.1, 0.15) is 73.1 Å². The zero-order chi connectivity index (χ0) is 16.3. The lowest BCUT2D eigenvalue weighted by atomic mass is 10.1. The first-order chi connectivity index (χ1) is 9.93. The highest BCUT2D eigenvalue weighted by Gasteiger charge is 2.26. The molecule has 0 N–H and O–H groups in total. The van der Waals surface area contributed by atoms with Crippen LogP contribution in [0.2, 0.25) is 0 Å². The van der Waals surface area contributed by atoms with Gasteiger partial charge in [0.15, 0.2) is 0 Å². The highest BCUT2D eigenvalue weighted by molar-refractivity contribution is 5.84. The van der Waals surface area contributed by atoms with Crippen LogP contribution in [-0.2, 0) is 14.3 Å². The monoisotopic (exact) mass is 299 g/mol. The van der Waals surface area contributed by atoms with Crippen molar-refractivity contribution in [2.45, 2.75) is 79.2 Å². The van der Waals surface area contributed by atoms with Gasteiger partial charge in [0.25, 0.3) is 0 Å². The second-order valence-electron chi connectivity index (χ2n) is 6.10. The molecule has 0 heterocycles. The molecule has 124 valence electrons. The number of hydrogen-bond donors (Lipinski definition) is 0. The molecule has 0 saturated heterocycles. The molecule has 4 nitrogen and oxygen atoms in total. The van der Waals surface area contributed by atoms with Gasteiger partial charge in [-0.1, -0.05) is 47.0 Å². The summed E-state index contributed by atoms with van der Waals surface area (Å²) in [5.41, 5.74) is 0. The van der Waals surface area contributed by atoms with Crippen LogP contribution >= 0.6 is 0 Å². The van der Waals surface area contributed by atoms with E-state index in [-0.39, 0.29) is 11.9 Å². The Balaban J connectivity index is 4.55. The normalized spacial score (nSPS) is 12.3. The van der Waals surface area contributed by atoms with Crippen molar-refractivity contribution in [3.63, 3.8) is 0 Å². The lowest BCUT2D eigenvalue weighted by Crippen LogP contribution is -2.44. The molecule has 0 fully saturated rings. The van der Waals surface area contributed by atoms with Crippen LogP contribution in [0.25, 0.3) is 0 Å². The van der Waals surface area contributed by atoms with Gasteiger partial charge >= 0.3 is 5.97 Å². The standard InChI is InChI=1S/C17H33NO3/c1-6-8-10-11-16(19)18(12-9-7-2)15(5)17(20)21-13-14(3)4/h14-15H,6-13H2,1-5H3. The Bertz CT molecular complexity index is 302. The number of esters is 1. The maximum Gasteiger partial charge on any atom is 0.328 e. The Hall–Kier alpha value is -1.06. The smallest absolute Gasteiger partial charge is 0.328 e. The van der Waals surface area contributed by atoms with Gasteiger partial charge in [0.1, 0.15) is 6.04 Å². The fourth-order valence-corrected chi connectivity index (χ4v) is 2.03. The van der Waals surface area contributed by atoms with Crippen molar-refractivity contribution >= 4 is 11.9 Å². The van der Waals surface area contributed by atoms with E-state index in [4.69, 9.17) is 4.74 Å². The number of carbonyl (C=O) groups is 2. The van der Waals surface area contributed by atoms with Gasteiger partial charge < -0.3 is 9.64 Å². The second kappa shape index (κ2) is 11.6. The molecule has 0 radical (unpaired) electrons. The van der Waals surface area contributed by atoms with Gasteiger partial charge in [-0.2, -0.15) is 0 Å². The molecule has 0 aliphatic rings. The first kappa shape index (κ1) is 19.9. The molecule has 0 aromatic carbocycles. The Kier molecular flexibility index (Phi) is 11.0. The first-order valence-corrected chi connectivity index (χ1v) is 8.40. The molecule has 0 bridgehead atoms. The van der Waals surface area contributed by atoms with Gasteiger partial charge in [-0.15, -0.1) is 0 Å². The molecule has 1 unspecified atom stereocenters. The Morgan fingerprint density at radius 2 is 1.62 bits per heavy atom. The molecule has 21 heavy (non-hydrogen) atoms. The predicted octanol–water partition coefficient (Wildman–Crippen LogP) is 3.78. The van der Waals surface area contributed by atoms with Crippen molar-refractivity contribution in [2.75, 3.05) is 13.2 Å². The summed E-state index contributed by atoms with van der Waals surface area (Å²) in [7, 11) is 0. The van der Waals surface area contributed by atoms with E-state index in [9.17, 15) is 9.59 Å². The van der Waals surface area contributed by atoms with Crippen LogP contribution in [0.4, 0.5) is 0 Å². The fraction of sp³-hybridized carbons (Fsp3) is 0.882. The minimum atomic E-state index is -0.482. The van der Waals surface area contributed by atoms with Crippen molar-refractivity contribution in [1.82, 2.24) is 4.90 Å². The summed E-state index contributed by atoms with van der Waals surface area (Å²) in [4.78, 5) is 26.1. The largest absolute Gasteiger partial charge is 0.464 e. The molecule has 0 aromatic heterocycles. The molecular formula is C17H33NO3. The van der Waals surface area contributed by atoms with E-state index in [2.05, 4.69) is 13.8 Å². The number of nitrogens with zero attached hydrogens (tertiary/aromatic N) is 1. The van der Waals surface area contributed by atoms with Crippen molar-refractivity contribution < 1.29 is 14.3 Å². The number of amides is 1. The van der Waals surface area contributed by atoms with E-state index in [0.29, 0.717) is 25.5 Å². The molecule has 1 atom stereocenters. The van der Waals surface area contributed by atoms with E-state index in [1.807, 2.05) is 13.8 Å². The van der Waals surface area contributed by atoms with Gasteiger partial charge in [-0.3, -0.25) is 4.79 Å². The predicted molar refractivity (Wildman–Crippen MR) is 86.0 cm³/mol. The molecule has 4 heteroatoms. The van der Waals surface area contributed by atoms with Gasteiger partial charge in [0, 0.05) is 13.0 Å². The van der Waals surface area contributed by atoms with E-state index in [1.54, 1.807) is 11.8 Å². The summed E-state index contributed by atoms with van der Waals surface area (Å²) in [6.45, 7) is 11.0. The van der Waals surface area contributed by atoms with Gasteiger partial charge in [0.05, 0.1) is 6.61 Å². The number of hydrogen-bond acceptors (Lipinski definition) is 3. The summed E-state index contributed by atoms with van der Waals surface area (Å²) in [5.74, 6) is 0.0973. The van der Waals surface area contributed by atoms with Crippen molar-refractivity contribution in [3.05, 3.63) is 0 Å². The molecule has 0 aliphatic carbocycles. The Labute approximate surface area is 130 Å². The SMILES string of the molecule is CCCCCC(=O)N(CCCC)C(C)C(=O)OCC(C)C. The number of ether oxygens (including phenoxy) is 1. The van der Waals surface area contributed by atoms with E-state index >= 15 is 0 Å². The lowest BCUT2D eigenvalue weighted by Gasteiger charge is -2.28. The number of unbranched alkanes of at least 4 members (excludes halogenated alkanes) is 3. The Morgan fingerprint density at radius 1 is 1.00 bits per heavy atom. The van der Waals surface area contributed by atoms with Gasteiger partial charge in [0.2, 0.25) is 5.91 Å². The second-order valence-corrected chi connectivity index (χ2v) is 6.10. The van der Waals surface area contributed by atoms with E-state index in [0.717, 1.165) is 32.1 Å². The van der Waals surface area contributed by atoms with Crippen molar-refractivity contribution in [1.29, 1.82) is 0 Å². The highest BCUT2D eigenvalue weighted by atomic mass is 16.5. The maximum atomic E-state index is 12.3. The summed E-state index contributed by atoms with van der Waals surface area (Å²) in [6.07, 6.45) is 5.49. The summed E-state index contributed by atoms with van der Waals surface area (Å²) < 4.78 is 5.27. The molecular weight excluding hydrogens is 266 g/mol. The molecule has 0 saturated carbocycles. The van der Waals surface area contributed by atoms with E-state index < -0.39 is 6.04 Å². The van der Waals surface area contributed by atoms with Crippen LogP contribution in [0.5, 0.6) is 0 Å². The third-order valence-electron chi connectivity index (χ3n) is 3.43. The van der Waals surface area contributed by atoms with Gasteiger partial charge in [-0.25, -0.2) is 4.79 Å². The average Bonchev–Trinajstić information content (AvgIpc) is 2.45. The molecule has 0 spiro atoms. The van der Waals surface area contributed by atoms with Crippen LogP contribution in [0, 0.1) is 5.92 Å².